The number of hydrogen-bond acceptors (Lipinski definition) is 6. The van der Waals surface area contributed by atoms with Gasteiger partial charge in [-0.1, -0.05) is 11.2 Å². The highest BCUT2D eigenvalue weighted by atomic mass is 19.4. The van der Waals surface area contributed by atoms with Crippen LogP contribution in [0.2, 0.25) is 0 Å². The van der Waals surface area contributed by atoms with Crippen molar-refractivity contribution in [3.05, 3.63) is 24.4 Å². The lowest BCUT2D eigenvalue weighted by Gasteiger charge is -2.16. The van der Waals surface area contributed by atoms with Crippen LogP contribution in [-0.4, -0.2) is 51.1 Å². The summed E-state index contributed by atoms with van der Waals surface area (Å²) in [4.78, 5) is 22.6. The van der Waals surface area contributed by atoms with Gasteiger partial charge in [-0.15, -0.1) is 6.58 Å². The number of amides is 2. The molecule has 2 unspecified atom stereocenters. The first-order valence-electron chi connectivity index (χ1n) is 6.58. The molecule has 1 fully saturated rings. The molecule has 2 amide bonds. The molecule has 0 radical (unpaired) electrons. The lowest BCUT2D eigenvalue weighted by molar-refractivity contribution is -0.142. The highest BCUT2D eigenvalue weighted by Crippen LogP contribution is 2.33. The number of nitrogens with zero attached hydrogens (tertiary/aromatic N) is 3. The van der Waals surface area contributed by atoms with E-state index >= 15 is 0 Å². The van der Waals surface area contributed by atoms with Crippen molar-refractivity contribution in [1.82, 2.24) is 10.1 Å². The van der Waals surface area contributed by atoms with E-state index in [4.69, 9.17) is 0 Å². The number of Topliss-reactive ketones (excluding diaryl/α,β-unsaturated/α-hetero) is 1. The second kappa shape index (κ2) is 7.45. The van der Waals surface area contributed by atoms with E-state index < -0.39 is 36.2 Å². The largest absolute Gasteiger partial charge is 0.436 e. The molecule has 1 aliphatic rings. The molecule has 2 heterocycles. The highest BCUT2D eigenvalue weighted by Gasteiger charge is 2.47. The molecule has 11 heteroatoms. The van der Waals surface area contributed by atoms with Crippen LogP contribution in [0.1, 0.15) is 19.5 Å². The van der Waals surface area contributed by atoms with E-state index in [9.17, 15) is 33.0 Å². The molecule has 0 bridgehead atoms. The van der Waals surface area contributed by atoms with Crippen LogP contribution < -0.4 is 4.90 Å². The molecule has 2 N–H and O–H groups in total. The van der Waals surface area contributed by atoms with Crippen molar-refractivity contribution in [2.75, 3.05) is 11.4 Å². The SMILES string of the molecule is C=CCN1C(=O)N(c2cc(C(F)(F)F)no2)C(O)C1O.CC(C)=O. The Balaban J connectivity index is 0.000000648. The van der Waals surface area contributed by atoms with Crippen LogP contribution in [-0.2, 0) is 11.0 Å². The van der Waals surface area contributed by atoms with Gasteiger partial charge in [-0.05, 0) is 13.8 Å². The highest BCUT2D eigenvalue weighted by molar-refractivity contribution is 5.93. The Kier molecular flexibility index (Phi) is 6.10. The van der Waals surface area contributed by atoms with Crippen molar-refractivity contribution in [2.24, 2.45) is 0 Å². The van der Waals surface area contributed by atoms with Crippen LogP contribution >= 0.6 is 0 Å². The van der Waals surface area contributed by atoms with Gasteiger partial charge >= 0.3 is 12.2 Å². The van der Waals surface area contributed by atoms with Crippen molar-refractivity contribution in [2.45, 2.75) is 32.5 Å². The third kappa shape index (κ3) is 4.32. The molecule has 134 valence electrons. The zero-order chi connectivity index (χ0) is 18.7. The minimum atomic E-state index is -4.74. The lowest BCUT2D eigenvalue weighted by Crippen LogP contribution is -2.36. The summed E-state index contributed by atoms with van der Waals surface area (Å²) in [7, 11) is 0. The van der Waals surface area contributed by atoms with E-state index in [0.29, 0.717) is 11.0 Å². The fourth-order valence-corrected chi connectivity index (χ4v) is 1.72. The monoisotopic (exact) mass is 351 g/mol. The normalized spacial score (nSPS) is 20.7. The number of anilines is 1. The molecule has 0 aliphatic carbocycles. The van der Waals surface area contributed by atoms with Crippen molar-refractivity contribution < 1.29 is 37.5 Å². The molecule has 1 aliphatic heterocycles. The topological polar surface area (TPSA) is 107 Å². The summed E-state index contributed by atoms with van der Waals surface area (Å²) in [5, 5.41) is 22.1. The van der Waals surface area contributed by atoms with Gasteiger partial charge in [0.25, 0.3) is 0 Å². The first kappa shape index (κ1) is 19.6. The number of hydrogen-bond donors (Lipinski definition) is 2. The maximum absolute atomic E-state index is 12.4. The van der Waals surface area contributed by atoms with Crippen LogP contribution in [0.4, 0.5) is 23.8 Å². The minimum Gasteiger partial charge on any atom is -0.369 e. The number of rotatable bonds is 3. The van der Waals surface area contributed by atoms with E-state index in [2.05, 4.69) is 16.3 Å². The van der Waals surface area contributed by atoms with Crippen LogP contribution in [0.3, 0.4) is 0 Å². The minimum absolute atomic E-state index is 0.0895. The van der Waals surface area contributed by atoms with Gasteiger partial charge < -0.3 is 19.5 Å². The van der Waals surface area contributed by atoms with Crippen molar-refractivity contribution >= 4 is 17.7 Å². The van der Waals surface area contributed by atoms with Crippen molar-refractivity contribution in [1.29, 1.82) is 0 Å². The number of aliphatic hydroxyl groups excluding tert-OH is 2. The molecule has 0 spiro atoms. The molecule has 0 saturated carbocycles. The Morgan fingerprint density at radius 3 is 2.38 bits per heavy atom. The summed E-state index contributed by atoms with van der Waals surface area (Å²) < 4.78 is 41.6. The van der Waals surface area contributed by atoms with Gasteiger partial charge in [0.15, 0.2) is 18.1 Å². The van der Waals surface area contributed by atoms with Crippen LogP contribution in [0.25, 0.3) is 0 Å². The fraction of sp³-hybridized carbons (Fsp3) is 0.462. The van der Waals surface area contributed by atoms with Gasteiger partial charge in [-0.2, -0.15) is 13.2 Å². The quantitative estimate of drug-likeness (QED) is 0.796. The molecule has 2 atom stereocenters. The van der Waals surface area contributed by atoms with E-state index in [1.165, 1.54) is 19.9 Å². The van der Waals surface area contributed by atoms with Crippen LogP contribution in [0.15, 0.2) is 23.2 Å². The van der Waals surface area contributed by atoms with Gasteiger partial charge in [0.2, 0.25) is 5.88 Å². The molecule has 1 aromatic heterocycles. The molecule has 2 rings (SSSR count). The number of urea groups is 1. The molecule has 8 nitrogen and oxygen atoms in total. The molecule has 1 saturated heterocycles. The van der Waals surface area contributed by atoms with Gasteiger partial charge in [0.05, 0.1) is 0 Å². The lowest BCUT2D eigenvalue weighted by atomic mass is 10.4. The Morgan fingerprint density at radius 2 is 1.96 bits per heavy atom. The van der Waals surface area contributed by atoms with Gasteiger partial charge in [0, 0.05) is 12.6 Å². The third-order valence-electron chi connectivity index (χ3n) is 2.65. The molecule has 1 aromatic rings. The first-order chi connectivity index (χ1) is 11.0. The Bertz CT molecular complexity index is 612. The van der Waals surface area contributed by atoms with E-state index in [0.717, 1.165) is 4.90 Å². The van der Waals surface area contributed by atoms with Crippen molar-refractivity contribution in [3.8, 4) is 0 Å². The van der Waals surface area contributed by atoms with E-state index in [-0.39, 0.29) is 12.3 Å². The summed E-state index contributed by atoms with van der Waals surface area (Å²) in [5.41, 5.74) is -1.34. The van der Waals surface area contributed by atoms with Gasteiger partial charge in [-0.3, -0.25) is 4.90 Å². The zero-order valence-corrected chi connectivity index (χ0v) is 12.8. The molecular formula is C13H16F3N3O5. The molecule has 0 aromatic carbocycles. The maximum Gasteiger partial charge on any atom is 0.436 e. The first-order valence-corrected chi connectivity index (χ1v) is 6.58. The third-order valence-corrected chi connectivity index (χ3v) is 2.65. The Labute approximate surface area is 134 Å². The smallest absolute Gasteiger partial charge is 0.369 e. The average molecular weight is 351 g/mol. The summed E-state index contributed by atoms with van der Waals surface area (Å²) in [6, 6.07) is -0.458. The number of carbonyl (C=O) groups is 2. The summed E-state index contributed by atoms with van der Waals surface area (Å²) >= 11 is 0. The Morgan fingerprint density at radius 1 is 1.42 bits per heavy atom. The predicted molar refractivity (Wildman–Crippen MR) is 74.7 cm³/mol. The fourth-order valence-electron chi connectivity index (χ4n) is 1.72. The van der Waals surface area contributed by atoms with E-state index in [1.807, 2.05) is 0 Å². The van der Waals surface area contributed by atoms with Gasteiger partial charge in [-0.25, -0.2) is 9.69 Å². The Hall–Kier alpha value is -2.40. The van der Waals surface area contributed by atoms with Crippen molar-refractivity contribution in [3.63, 3.8) is 0 Å². The summed E-state index contributed by atoms with van der Waals surface area (Å²) in [6.45, 7) is 6.33. The van der Waals surface area contributed by atoms with E-state index in [1.54, 1.807) is 0 Å². The number of aromatic nitrogens is 1. The molecular weight excluding hydrogens is 335 g/mol. The maximum atomic E-state index is 12.4. The summed E-state index contributed by atoms with van der Waals surface area (Å²) in [5.74, 6) is -0.444. The number of alkyl halides is 3. The summed E-state index contributed by atoms with van der Waals surface area (Å²) in [6.07, 6.45) is -6.83. The van der Waals surface area contributed by atoms with Gasteiger partial charge in [0.1, 0.15) is 5.78 Å². The number of carbonyl (C=O) groups excluding carboxylic acids is 2. The number of aliphatic hydroxyl groups is 2. The van der Waals surface area contributed by atoms with Crippen LogP contribution in [0.5, 0.6) is 0 Å². The molecule has 24 heavy (non-hydrogen) atoms. The van der Waals surface area contributed by atoms with Crippen LogP contribution in [0, 0.1) is 0 Å². The second-order valence-electron chi connectivity index (χ2n) is 4.88. The zero-order valence-electron chi connectivity index (χ0n) is 12.8. The number of ketones is 1. The average Bonchev–Trinajstić information content (AvgIpc) is 2.99. The predicted octanol–water partition coefficient (Wildman–Crippen LogP) is 1.35. The number of halogens is 3. The standard InChI is InChI=1S/C10H10F3N3O4.C3H6O/c1-2-3-15-7(17)8(18)16(9(15)19)6-4-5(14-20-6)10(11,12)13;1-3(2)4/h2,4,7-8,17-18H,1,3H2;1-2H3. The second-order valence-corrected chi connectivity index (χ2v) is 4.88.